The Hall–Kier alpha value is -0.900. The molecule has 1 aromatic rings. The van der Waals surface area contributed by atoms with Gasteiger partial charge in [-0.1, -0.05) is 45.2 Å². The minimum Gasteiger partial charge on any atom is -0.339 e. The number of hydrogen-bond donors (Lipinski definition) is 1. The van der Waals surface area contributed by atoms with E-state index in [0.29, 0.717) is 12.0 Å². The van der Waals surface area contributed by atoms with Crippen LogP contribution in [0.15, 0.2) is 4.52 Å². The number of nitrogens with one attached hydrogen (secondary N) is 1. The fraction of sp³-hybridized carbons (Fsp3) is 0.875. The molecule has 0 aliphatic heterocycles. The summed E-state index contributed by atoms with van der Waals surface area (Å²) in [6.07, 6.45) is 7.45. The number of aromatic nitrogens is 2. The third-order valence-electron chi connectivity index (χ3n) is 4.99. The fourth-order valence-electron chi connectivity index (χ4n) is 3.47. The summed E-state index contributed by atoms with van der Waals surface area (Å²) in [7, 11) is 1.99. The highest BCUT2D eigenvalue weighted by Gasteiger charge is 2.28. The lowest BCUT2D eigenvalue weighted by molar-refractivity contribution is 0.293. The highest BCUT2D eigenvalue weighted by Crippen LogP contribution is 2.36. The van der Waals surface area contributed by atoms with Gasteiger partial charge >= 0.3 is 0 Å². The number of rotatable bonds is 6. The van der Waals surface area contributed by atoms with Gasteiger partial charge in [-0.25, -0.2) is 0 Å². The van der Waals surface area contributed by atoms with Crippen molar-refractivity contribution in [2.24, 2.45) is 5.92 Å². The molecule has 1 aliphatic carbocycles. The van der Waals surface area contributed by atoms with Gasteiger partial charge in [0.15, 0.2) is 5.82 Å². The molecule has 1 saturated carbocycles. The van der Waals surface area contributed by atoms with Crippen molar-refractivity contribution >= 4 is 0 Å². The Morgan fingerprint density at radius 1 is 1.35 bits per heavy atom. The van der Waals surface area contributed by atoms with Crippen molar-refractivity contribution in [3.05, 3.63) is 11.7 Å². The summed E-state index contributed by atoms with van der Waals surface area (Å²) < 4.78 is 5.53. The second kappa shape index (κ2) is 7.21. The zero-order valence-electron chi connectivity index (χ0n) is 13.4. The normalized spacial score (nSPS) is 26.4. The lowest BCUT2D eigenvalue weighted by atomic mass is 9.80. The van der Waals surface area contributed by atoms with Crippen LogP contribution >= 0.6 is 0 Å². The van der Waals surface area contributed by atoms with Gasteiger partial charge in [-0.05, 0) is 32.2 Å². The van der Waals surface area contributed by atoms with E-state index < -0.39 is 0 Å². The molecule has 1 aliphatic rings. The van der Waals surface area contributed by atoms with Crippen molar-refractivity contribution in [1.82, 2.24) is 15.5 Å². The molecule has 1 aromatic heterocycles. The maximum absolute atomic E-state index is 5.53. The van der Waals surface area contributed by atoms with Crippen molar-refractivity contribution in [3.8, 4) is 0 Å². The van der Waals surface area contributed by atoms with Crippen LogP contribution in [0.4, 0.5) is 0 Å². The van der Waals surface area contributed by atoms with Crippen molar-refractivity contribution in [3.63, 3.8) is 0 Å². The minimum absolute atomic E-state index is 0.275. The van der Waals surface area contributed by atoms with Gasteiger partial charge in [0, 0.05) is 12.0 Å². The number of nitrogens with zero attached hydrogens (tertiary/aromatic N) is 2. The lowest BCUT2D eigenvalue weighted by Crippen LogP contribution is -2.30. The summed E-state index contributed by atoms with van der Waals surface area (Å²) >= 11 is 0. The molecule has 4 heteroatoms. The molecule has 4 unspecified atom stereocenters. The van der Waals surface area contributed by atoms with Gasteiger partial charge in [-0.2, -0.15) is 4.98 Å². The summed E-state index contributed by atoms with van der Waals surface area (Å²) in [5.41, 5.74) is 0. The summed E-state index contributed by atoms with van der Waals surface area (Å²) in [5.74, 6) is 3.36. The molecule has 0 saturated heterocycles. The minimum atomic E-state index is 0.275. The van der Waals surface area contributed by atoms with Gasteiger partial charge in [0.1, 0.15) is 0 Å². The highest BCUT2D eigenvalue weighted by molar-refractivity contribution is 5.02. The van der Waals surface area contributed by atoms with Crippen LogP contribution < -0.4 is 5.32 Å². The van der Waals surface area contributed by atoms with Crippen LogP contribution in [0.1, 0.15) is 82.8 Å². The monoisotopic (exact) mass is 279 g/mol. The average molecular weight is 279 g/mol. The maximum Gasteiger partial charge on any atom is 0.231 e. The third-order valence-corrected chi connectivity index (χ3v) is 4.99. The molecule has 0 aromatic carbocycles. The summed E-state index contributed by atoms with van der Waals surface area (Å²) in [6, 6.07) is 0.401. The van der Waals surface area contributed by atoms with Gasteiger partial charge in [-0.3, -0.25) is 0 Å². The standard InChI is InChI=1S/C16H29N3O/c1-5-12-8-7-9-13(10-12)15-18-16(20-19-15)11(3)14(6-2)17-4/h11-14,17H,5-10H2,1-4H3. The molecule has 0 bridgehead atoms. The van der Waals surface area contributed by atoms with Crippen LogP contribution in [-0.4, -0.2) is 23.2 Å². The topological polar surface area (TPSA) is 51.0 Å². The summed E-state index contributed by atoms with van der Waals surface area (Å²) in [6.45, 7) is 6.63. The van der Waals surface area contributed by atoms with E-state index in [2.05, 4.69) is 31.2 Å². The summed E-state index contributed by atoms with van der Waals surface area (Å²) in [5, 5.41) is 7.59. The zero-order valence-corrected chi connectivity index (χ0v) is 13.4. The van der Waals surface area contributed by atoms with E-state index in [1.54, 1.807) is 0 Å². The van der Waals surface area contributed by atoms with Gasteiger partial charge in [-0.15, -0.1) is 0 Å². The Kier molecular flexibility index (Phi) is 5.58. The van der Waals surface area contributed by atoms with E-state index in [1.807, 2.05) is 7.05 Å². The first-order chi connectivity index (χ1) is 9.69. The molecular formula is C16H29N3O. The first-order valence-electron chi connectivity index (χ1n) is 8.20. The number of likely N-dealkylation sites (N-methyl/N-ethyl adjacent to an activating group) is 1. The van der Waals surface area contributed by atoms with E-state index in [1.165, 1.54) is 32.1 Å². The van der Waals surface area contributed by atoms with Gasteiger partial charge in [0.05, 0.1) is 5.92 Å². The molecule has 1 fully saturated rings. The van der Waals surface area contributed by atoms with E-state index in [9.17, 15) is 0 Å². The molecule has 4 nitrogen and oxygen atoms in total. The first-order valence-corrected chi connectivity index (χ1v) is 8.20. The SMILES string of the molecule is CCC1CCCC(c2noc(C(C)C(CC)NC)n2)C1. The molecule has 0 radical (unpaired) electrons. The van der Waals surface area contributed by atoms with E-state index in [-0.39, 0.29) is 5.92 Å². The second-order valence-corrected chi connectivity index (χ2v) is 6.22. The van der Waals surface area contributed by atoms with Crippen LogP contribution in [0, 0.1) is 5.92 Å². The smallest absolute Gasteiger partial charge is 0.231 e. The quantitative estimate of drug-likeness (QED) is 0.859. The Morgan fingerprint density at radius 3 is 2.80 bits per heavy atom. The number of hydrogen-bond acceptors (Lipinski definition) is 4. The molecule has 1 N–H and O–H groups in total. The Labute approximate surface area is 122 Å². The van der Waals surface area contributed by atoms with Crippen LogP contribution in [-0.2, 0) is 0 Å². The Morgan fingerprint density at radius 2 is 2.15 bits per heavy atom. The van der Waals surface area contributed by atoms with Crippen molar-refractivity contribution in [2.45, 2.75) is 77.2 Å². The Bertz CT molecular complexity index is 400. The van der Waals surface area contributed by atoms with Crippen LogP contribution in [0.2, 0.25) is 0 Å². The Balaban J connectivity index is 2.04. The molecular weight excluding hydrogens is 250 g/mol. The second-order valence-electron chi connectivity index (χ2n) is 6.22. The highest BCUT2D eigenvalue weighted by atomic mass is 16.5. The molecule has 1 heterocycles. The van der Waals surface area contributed by atoms with Gasteiger partial charge in [0.25, 0.3) is 0 Å². The van der Waals surface area contributed by atoms with E-state index >= 15 is 0 Å². The molecule has 114 valence electrons. The summed E-state index contributed by atoms with van der Waals surface area (Å²) in [4.78, 5) is 4.70. The molecule has 2 rings (SSSR count). The van der Waals surface area contributed by atoms with Gasteiger partial charge < -0.3 is 9.84 Å². The molecule has 4 atom stereocenters. The van der Waals surface area contributed by atoms with E-state index in [4.69, 9.17) is 9.51 Å². The molecule has 0 amide bonds. The molecule has 0 spiro atoms. The van der Waals surface area contributed by atoms with Crippen molar-refractivity contribution in [2.75, 3.05) is 7.05 Å². The van der Waals surface area contributed by atoms with E-state index in [0.717, 1.165) is 24.1 Å². The van der Waals surface area contributed by atoms with Crippen LogP contribution in [0.5, 0.6) is 0 Å². The fourth-order valence-corrected chi connectivity index (χ4v) is 3.47. The van der Waals surface area contributed by atoms with Gasteiger partial charge in [0.2, 0.25) is 5.89 Å². The predicted octanol–water partition coefficient (Wildman–Crippen LogP) is 3.85. The lowest BCUT2D eigenvalue weighted by Gasteiger charge is -2.26. The first kappa shape index (κ1) is 15.5. The van der Waals surface area contributed by atoms with Crippen molar-refractivity contribution in [1.29, 1.82) is 0 Å². The maximum atomic E-state index is 5.53. The zero-order chi connectivity index (χ0) is 14.5. The van der Waals surface area contributed by atoms with Crippen molar-refractivity contribution < 1.29 is 4.52 Å². The van der Waals surface area contributed by atoms with Crippen LogP contribution in [0.3, 0.4) is 0 Å². The average Bonchev–Trinajstić information content (AvgIpc) is 2.98. The third kappa shape index (κ3) is 3.40. The molecule has 20 heavy (non-hydrogen) atoms. The largest absolute Gasteiger partial charge is 0.339 e. The van der Waals surface area contributed by atoms with Crippen LogP contribution in [0.25, 0.3) is 0 Å². The predicted molar refractivity (Wildman–Crippen MR) is 80.8 cm³/mol.